The van der Waals surface area contributed by atoms with Gasteiger partial charge in [-0.3, -0.25) is 0 Å². The number of hydrogen-bond acceptors (Lipinski definition) is 4. The van der Waals surface area contributed by atoms with E-state index in [1.165, 1.54) is 0 Å². The summed E-state index contributed by atoms with van der Waals surface area (Å²) in [5, 5.41) is 12.5. The summed E-state index contributed by atoms with van der Waals surface area (Å²) in [6.45, 7) is 4.96. The minimum Gasteiger partial charge on any atom is -0.493 e. The standard InChI is InChI=1S/C14H22BrNO3/c1-9(8-17)10(2)16-7-11-5-13(18-3)14(19-4)6-12(11)15/h5-6,9-10,16-17H,7-8H2,1-4H3. The number of aliphatic hydroxyl groups is 1. The highest BCUT2D eigenvalue weighted by molar-refractivity contribution is 9.10. The maximum Gasteiger partial charge on any atom is 0.161 e. The summed E-state index contributed by atoms with van der Waals surface area (Å²) < 4.78 is 11.5. The van der Waals surface area contributed by atoms with E-state index in [1.54, 1.807) is 14.2 Å². The Kier molecular flexibility index (Phi) is 6.62. The largest absolute Gasteiger partial charge is 0.493 e. The van der Waals surface area contributed by atoms with Crippen molar-refractivity contribution in [1.29, 1.82) is 0 Å². The molecule has 0 fully saturated rings. The molecule has 19 heavy (non-hydrogen) atoms. The number of aliphatic hydroxyl groups excluding tert-OH is 1. The van der Waals surface area contributed by atoms with E-state index in [0.717, 1.165) is 10.0 Å². The Morgan fingerprint density at radius 3 is 2.32 bits per heavy atom. The molecule has 0 aliphatic heterocycles. The molecule has 0 aliphatic rings. The second-order valence-corrected chi connectivity index (χ2v) is 5.48. The third-order valence-corrected chi connectivity index (χ3v) is 4.05. The van der Waals surface area contributed by atoms with E-state index < -0.39 is 0 Å². The van der Waals surface area contributed by atoms with Gasteiger partial charge in [-0.2, -0.15) is 0 Å². The third kappa shape index (κ3) is 4.37. The second-order valence-electron chi connectivity index (χ2n) is 4.63. The van der Waals surface area contributed by atoms with Crippen molar-refractivity contribution in [3.05, 3.63) is 22.2 Å². The number of hydrogen-bond donors (Lipinski definition) is 2. The van der Waals surface area contributed by atoms with Gasteiger partial charge in [0.2, 0.25) is 0 Å². The summed E-state index contributed by atoms with van der Waals surface area (Å²) in [5.41, 5.74) is 1.09. The Morgan fingerprint density at radius 1 is 1.21 bits per heavy atom. The van der Waals surface area contributed by atoms with Gasteiger partial charge in [0.15, 0.2) is 11.5 Å². The maximum absolute atomic E-state index is 9.12. The monoisotopic (exact) mass is 331 g/mol. The van der Waals surface area contributed by atoms with E-state index in [2.05, 4.69) is 28.2 Å². The van der Waals surface area contributed by atoms with E-state index in [1.807, 2.05) is 19.1 Å². The number of benzene rings is 1. The van der Waals surface area contributed by atoms with Crippen molar-refractivity contribution in [1.82, 2.24) is 5.32 Å². The molecule has 0 aliphatic carbocycles. The van der Waals surface area contributed by atoms with Crippen LogP contribution in [0.15, 0.2) is 16.6 Å². The molecule has 0 amide bonds. The fraction of sp³-hybridized carbons (Fsp3) is 0.571. The van der Waals surface area contributed by atoms with Gasteiger partial charge in [0, 0.05) is 23.7 Å². The Morgan fingerprint density at radius 2 is 1.79 bits per heavy atom. The molecule has 0 spiro atoms. The highest BCUT2D eigenvalue weighted by Gasteiger charge is 2.13. The van der Waals surface area contributed by atoms with Crippen LogP contribution in [0.2, 0.25) is 0 Å². The Hall–Kier alpha value is -0.780. The summed E-state index contributed by atoms with van der Waals surface area (Å²) in [5.74, 6) is 1.64. The van der Waals surface area contributed by atoms with Crippen LogP contribution < -0.4 is 14.8 Å². The lowest BCUT2D eigenvalue weighted by Gasteiger charge is -2.20. The molecule has 108 valence electrons. The topological polar surface area (TPSA) is 50.7 Å². The van der Waals surface area contributed by atoms with Gasteiger partial charge in [0.25, 0.3) is 0 Å². The normalized spacial score (nSPS) is 14.0. The van der Waals surface area contributed by atoms with Crippen molar-refractivity contribution < 1.29 is 14.6 Å². The van der Waals surface area contributed by atoms with Crippen LogP contribution in [0.4, 0.5) is 0 Å². The number of halogens is 1. The molecule has 2 N–H and O–H groups in total. The van der Waals surface area contributed by atoms with Crippen LogP contribution in [0.25, 0.3) is 0 Å². The van der Waals surface area contributed by atoms with Gasteiger partial charge >= 0.3 is 0 Å². The number of rotatable bonds is 7. The number of ether oxygens (including phenoxy) is 2. The van der Waals surface area contributed by atoms with Crippen molar-refractivity contribution >= 4 is 15.9 Å². The average Bonchev–Trinajstić information content (AvgIpc) is 2.44. The highest BCUT2D eigenvalue weighted by Crippen LogP contribution is 2.33. The van der Waals surface area contributed by atoms with E-state index >= 15 is 0 Å². The minimum atomic E-state index is 0.182. The fourth-order valence-corrected chi connectivity index (χ4v) is 2.12. The SMILES string of the molecule is COc1cc(Br)c(CNC(C)C(C)CO)cc1OC. The molecular formula is C14H22BrNO3. The van der Waals surface area contributed by atoms with Crippen molar-refractivity contribution in [2.75, 3.05) is 20.8 Å². The Bertz CT molecular complexity index is 412. The molecule has 0 radical (unpaired) electrons. The summed E-state index contributed by atoms with van der Waals surface area (Å²) in [7, 11) is 3.24. The van der Waals surface area contributed by atoms with E-state index in [4.69, 9.17) is 14.6 Å². The van der Waals surface area contributed by atoms with Gasteiger partial charge in [-0.05, 0) is 30.5 Å². The highest BCUT2D eigenvalue weighted by atomic mass is 79.9. The van der Waals surface area contributed by atoms with Gasteiger partial charge in [-0.25, -0.2) is 0 Å². The molecule has 0 saturated carbocycles. The molecule has 2 unspecified atom stereocenters. The van der Waals surface area contributed by atoms with Crippen molar-refractivity contribution in [3.8, 4) is 11.5 Å². The van der Waals surface area contributed by atoms with Gasteiger partial charge in [-0.1, -0.05) is 22.9 Å². The van der Waals surface area contributed by atoms with Crippen LogP contribution in [-0.2, 0) is 6.54 Å². The number of nitrogens with one attached hydrogen (secondary N) is 1. The van der Waals surface area contributed by atoms with E-state index in [-0.39, 0.29) is 18.6 Å². The summed E-state index contributed by atoms with van der Waals surface area (Å²) in [6, 6.07) is 4.09. The molecule has 0 bridgehead atoms. The third-order valence-electron chi connectivity index (χ3n) is 3.31. The van der Waals surface area contributed by atoms with Crippen LogP contribution >= 0.6 is 15.9 Å². The van der Waals surface area contributed by atoms with Gasteiger partial charge in [0.05, 0.1) is 14.2 Å². The van der Waals surface area contributed by atoms with Crippen LogP contribution in [0.3, 0.4) is 0 Å². The molecular weight excluding hydrogens is 310 g/mol. The Labute approximate surface area is 123 Å². The van der Waals surface area contributed by atoms with Gasteiger partial charge < -0.3 is 19.9 Å². The molecule has 5 heteroatoms. The lowest BCUT2D eigenvalue weighted by molar-refractivity contribution is 0.207. The molecule has 0 saturated heterocycles. The van der Waals surface area contributed by atoms with Crippen LogP contribution in [-0.4, -0.2) is 32.0 Å². The van der Waals surface area contributed by atoms with Crippen LogP contribution in [0.5, 0.6) is 11.5 Å². The lowest BCUT2D eigenvalue weighted by Crippen LogP contribution is -2.33. The molecule has 1 rings (SSSR count). The zero-order valence-electron chi connectivity index (χ0n) is 11.9. The van der Waals surface area contributed by atoms with E-state index in [0.29, 0.717) is 18.0 Å². The number of methoxy groups -OCH3 is 2. The smallest absolute Gasteiger partial charge is 0.161 e. The first-order valence-electron chi connectivity index (χ1n) is 6.28. The minimum absolute atomic E-state index is 0.182. The first-order valence-corrected chi connectivity index (χ1v) is 7.07. The molecule has 4 nitrogen and oxygen atoms in total. The Balaban J connectivity index is 2.78. The van der Waals surface area contributed by atoms with Crippen molar-refractivity contribution in [2.24, 2.45) is 5.92 Å². The quantitative estimate of drug-likeness (QED) is 0.806. The molecule has 1 aromatic carbocycles. The molecule has 0 heterocycles. The van der Waals surface area contributed by atoms with Crippen LogP contribution in [0, 0.1) is 5.92 Å². The summed E-state index contributed by atoms with van der Waals surface area (Å²) >= 11 is 3.53. The predicted octanol–water partition coefficient (Wildman–Crippen LogP) is 2.57. The molecule has 0 aromatic heterocycles. The zero-order valence-corrected chi connectivity index (χ0v) is 13.5. The first kappa shape index (κ1) is 16.3. The lowest BCUT2D eigenvalue weighted by atomic mass is 10.0. The van der Waals surface area contributed by atoms with Gasteiger partial charge in [0.1, 0.15) is 0 Å². The summed E-state index contributed by atoms with van der Waals surface area (Å²) in [6.07, 6.45) is 0. The summed E-state index contributed by atoms with van der Waals surface area (Å²) in [4.78, 5) is 0. The molecule has 1 aromatic rings. The van der Waals surface area contributed by atoms with Crippen molar-refractivity contribution in [2.45, 2.75) is 26.4 Å². The second kappa shape index (κ2) is 7.72. The van der Waals surface area contributed by atoms with Gasteiger partial charge in [-0.15, -0.1) is 0 Å². The molecule has 2 atom stereocenters. The van der Waals surface area contributed by atoms with E-state index in [9.17, 15) is 0 Å². The van der Waals surface area contributed by atoms with Crippen molar-refractivity contribution in [3.63, 3.8) is 0 Å². The van der Waals surface area contributed by atoms with Crippen LogP contribution in [0.1, 0.15) is 19.4 Å². The maximum atomic E-state index is 9.12. The zero-order chi connectivity index (χ0) is 14.4. The predicted molar refractivity (Wildman–Crippen MR) is 79.8 cm³/mol. The first-order chi connectivity index (χ1) is 9.03. The fourth-order valence-electron chi connectivity index (χ4n) is 1.66. The average molecular weight is 332 g/mol.